The van der Waals surface area contributed by atoms with Crippen molar-refractivity contribution in [2.45, 2.75) is 38.4 Å². The lowest BCUT2D eigenvalue weighted by Crippen LogP contribution is -1.96. The molecule has 0 saturated heterocycles. The first-order chi connectivity index (χ1) is 8.24. The van der Waals surface area contributed by atoms with Gasteiger partial charge in [0, 0.05) is 5.75 Å². The van der Waals surface area contributed by atoms with Crippen molar-refractivity contribution >= 4 is 17.7 Å². The highest BCUT2D eigenvalue weighted by atomic mass is 32.2. The van der Waals surface area contributed by atoms with E-state index in [0.29, 0.717) is 5.56 Å². The fourth-order valence-electron chi connectivity index (χ4n) is 1.62. The van der Waals surface area contributed by atoms with Crippen molar-refractivity contribution in [2.75, 3.05) is 5.75 Å². The van der Waals surface area contributed by atoms with Crippen LogP contribution in [0.3, 0.4) is 0 Å². The van der Waals surface area contributed by atoms with E-state index in [-0.39, 0.29) is 0 Å². The third-order valence-corrected chi connectivity index (χ3v) is 3.70. The Hall–Kier alpha value is -0.960. The molecular weight excluding hydrogens is 232 g/mol. The van der Waals surface area contributed by atoms with E-state index in [1.807, 2.05) is 23.9 Å². The largest absolute Gasteiger partial charge is 0.478 e. The number of benzene rings is 1. The van der Waals surface area contributed by atoms with E-state index in [9.17, 15) is 4.79 Å². The maximum absolute atomic E-state index is 10.8. The van der Waals surface area contributed by atoms with Crippen molar-refractivity contribution < 1.29 is 9.90 Å². The molecule has 94 valence electrons. The van der Waals surface area contributed by atoms with Gasteiger partial charge in [0.1, 0.15) is 0 Å². The van der Waals surface area contributed by atoms with Gasteiger partial charge in [-0.1, -0.05) is 38.3 Å². The zero-order valence-corrected chi connectivity index (χ0v) is 11.1. The lowest BCUT2D eigenvalue weighted by Gasteiger charge is -2.03. The molecule has 1 N–H and O–H groups in total. The van der Waals surface area contributed by atoms with Gasteiger partial charge in [-0.3, -0.25) is 0 Å². The molecule has 3 heteroatoms. The Labute approximate surface area is 107 Å². The highest BCUT2D eigenvalue weighted by molar-refractivity contribution is 7.98. The average molecular weight is 252 g/mol. The van der Waals surface area contributed by atoms with Gasteiger partial charge in [-0.25, -0.2) is 4.79 Å². The minimum absolute atomic E-state index is 0.383. The van der Waals surface area contributed by atoms with Crippen LogP contribution in [0.1, 0.15) is 48.5 Å². The summed E-state index contributed by atoms with van der Waals surface area (Å²) < 4.78 is 0. The number of carboxylic acids is 1. The first-order valence-corrected chi connectivity index (χ1v) is 7.29. The smallest absolute Gasteiger partial charge is 0.335 e. The second-order valence-corrected chi connectivity index (χ2v) is 5.22. The van der Waals surface area contributed by atoms with Gasteiger partial charge in [0.25, 0.3) is 0 Å². The average Bonchev–Trinajstić information content (AvgIpc) is 2.34. The lowest BCUT2D eigenvalue weighted by molar-refractivity contribution is 0.0697. The van der Waals surface area contributed by atoms with Gasteiger partial charge in [-0.2, -0.15) is 11.8 Å². The third kappa shape index (κ3) is 5.78. The number of rotatable bonds is 8. The Balaban J connectivity index is 2.27. The van der Waals surface area contributed by atoms with Crippen molar-refractivity contribution in [1.82, 2.24) is 0 Å². The number of carbonyl (C=O) groups is 1. The number of aromatic carboxylic acids is 1. The maximum atomic E-state index is 10.8. The monoisotopic (exact) mass is 252 g/mol. The summed E-state index contributed by atoms with van der Waals surface area (Å²) in [5.74, 6) is 1.23. The van der Waals surface area contributed by atoms with Gasteiger partial charge in [0.05, 0.1) is 5.56 Å². The van der Waals surface area contributed by atoms with Crippen molar-refractivity contribution in [2.24, 2.45) is 0 Å². The van der Waals surface area contributed by atoms with Crippen molar-refractivity contribution in [3.05, 3.63) is 35.4 Å². The molecule has 0 amide bonds. The van der Waals surface area contributed by atoms with Gasteiger partial charge in [0.15, 0.2) is 0 Å². The van der Waals surface area contributed by atoms with Gasteiger partial charge in [0.2, 0.25) is 0 Å². The van der Waals surface area contributed by atoms with Crippen LogP contribution in [0.5, 0.6) is 0 Å². The Morgan fingerprint density at radius 2 is 2.12 bits per heavy atom. The highest BCUT2D eigenvalue weighted by Crippen LogP contribution is 2.16. The highest BCUT2D eigenvalue weighted by Gasteiger charge is 2.02. The molecule has 0 radical (unpaired) electrons. The molecule has 1 aromatic rings. The van der Waals surface area contributed by atoms with Gasteiger partial charge < -0.3 is 5.11 Å². The summed E-state index contributed by atoms with van der Waals surface area (Å²) in [5.41, 5.74) is 1.49. The molecule has 2 nitrogen and oxygen atoms in total. The second-order valence-electron chi connectivity index (χ2n) is 4.12. The molecule has 0 fully saturated rings. The summed E-state index contributed by atoms with van der Waals surface area (Å²) in [6.07, 6.45) is 5.15. The second kappa shape index (κ2) is 8.18. The SMILES string of the molecule is CCCCCCSCc1cccc(C(=O)O)c1. The van der Waals surface area contributed by atoms with Crippen molar-refractivity contribution in [1.29, 1.82) is 0 Å². The van der Waals surface area contributed by atoms with E-state index < -0.39 is 5.97 Å². The number of hydrogen-bond donors (Lipinski definition) is 1. The van der Waals surface area contributed by atoms with Crippen LogP contribution < -0.4 is 0 Å². The summed E-state index contributed by atoms with van der Waals surface area (Å²) in [6, 6.07) is 7.21. The molecule has 0 heterocycles. The zero-order valence-electron chi connectivity index (χ0n) is 10.3. The van der Waals surface area contributed by atoms with Gasteiger partial charge in [-0.15, -0.1) is 0 Å². The number of thioether (sulfide) groups is 1. The Morgan fingerprint density at radius 3 is 2.82 bits per heavy atom. The fourth-order valence-corrected chi connectivity index (χ4v) is 2.58. The van der Waals surface area contributed by atoms with E-state index in [1.54, 1.807) is 12.1 Å². The molecule has 0 aliphatic rings. The van der Waals surface area contributed by atoms with E-state index >= 15 is 0 Å². The maximum Gasteiger partial charge on any atom is 0.335 e. The Kier molecular flexibility index (Phi) is 6.78. The molecule has 1 aromatic carbocycles. The summed E-state index contributed by atoms with van der Waals surface area (Å²) in [7, 11) is 0. The summed E-state index contributed by atoms with van der Waals surface area (Å²) in [6.45, 7) is 2.21. The van der Waals surface area contributed by atoms with Crippen LogP contribution in [-0.4, -0.2) is 16.8 Å². The number of unbranched alkanes of at least 4 members (excludes halogenated alkanes) is 3. The summed E-state index contributed by atoms with van der Waals surface area (Å²) in [5, 5.41) is 8.87. The molecule has 0 bridgehead atoms. The third-order valence-electron chi connectivity index (χ3n) is 2.58. The molecule has 0 unspecified atom stereocenters. The van der Waals surface area contributed by atoms with Crippen LogP contribution in [0.25, 0.3) is 0 Å². The number of carboxylic acid groups (broad SMARTS) is 1. The molecule has 0 aromatic heterocycles. The van der Waals surface area contributed by atoms with Crippen LogP contribution in [0.15, 0.2) is 24.3 Å². The molecule has 0 aliphatic carbocycles. The molecule has 0 saturated carbocycles. The first kappa shape index (κ1) is 14.1. The molecule has 0 spiro atoms. The van der Waals surface area contributed by atoms with Crippen LogP contribution in [0.4, 0.5) is 0 Å². The van der Waals surface area contributed by atoms with E-state index in [4.69, 9.17) is 5.11 Å². The normalized spacial score (nSPS) is 10.4. The molecule has 1 rings (SSSR count). The van der Waals surface area contributed by atoms with Gasteiger partial charge in [-0.05, 0) is 29.9 Å². The van der Waals surface area contributed by atoms with Gasteiger partial charge >= 0.3 is 5.97 Å². The van der Waals surface area contributed by atoms with Crippen molar-refractivity contribution in [3.8, 4) is 0 Å². The van der Waals surface area contributed by atoms with Crippen LogP contribution >= 0.6 is 11.8 Å². The number of hydrogen-bond acceptors (Lipinski definition) is 2. The Morgan fingerprint density at radius 1 is 1.29 bits per heavy atom. The molecular formula is C14H20O2S. The standard InChI is InChI=1S/C14H20O2S/c1-2-3-4-5-9-17-11-12-7-6-8-13(10-12)14(15)16/h6-8,10H,2-5,9,11H2,1H3,(H,15,16). The predicted molar refractivity (Wildman–Crippen MR) is 73.7 cm³/mol. The van der Waals surface area contributed by atoms with Crippen molar-refractivity contribution in [3.63, 3.8) is 0 Å². The lowest BCUT2D eigenvalue weighted by atomic mass is 10.1. The molecule has 0 atom stereocenters. The van der Waals surface area contributed by atoms with Crippen LogP contribution in [0, 0.1) is 0 Å². The Bertz CT molecular complexity index is 350. The zero-order chi connectivity index (χ0) is 12.5. The van der Waals surface area contributed by atoms with E-state index in [1.165, 1.54) is 25.7 Å². The predicted octanol–water partition coefficient (Wildman–Crippen LogP) is 4.20. The van der Waals surface area contributed by atoms with Crippen LogP contribution in [0.2, 0.25) is 0 Å². The first-order valence-electron chi connectivity index (χ1n) is 6.14. The fraction of sp³-hybridized carbons (Fsp3) is 0.500. The summed E-state index contributed by atoms with van der Waals surface area (Å²) in [4.78, 5) is 10.8. The summed E-state index contributed by atoms with van der Waals surface area (Å²) >= 11 is 1.88. The van der Waals surface area contributed by atoms with Crippen LogP contribution in [-0.2, 0) is 5.75 Å². The minimum Gasteiger partial charge on any atom is -0.478 e. The molecule has 17 heavy (non-hydrogen) atoms. The molecule has 0 aliphatic heterocycles. The van der Waals surface area contributed by atoms with E-state index in [0.717, 1.165) is 17.1 Å². The topological polar surface area (TPSA) is 37.3 Å². The van der Waals surface area contributed by atoms with E-state index in [2.05, 4.69) is 6.92 Å². The minimum atomic E-state index is -0.847. The quantitative estimate of drug-likeness (QED) is 0.705.